The molecule has 5 heteroatoms. The van der Waals surface area contributed by atoms with Crippen LogP contribution in [0.2, 0.25) is 0 Å². The first-order valence-electron chi connectivity index (χ1n) is 7.42. The SMILES string of the molecule is CCC1(C(=O)O)CCN(CCN2CCOCC2)CC1. The van der Waals surface area contributed by atoms with Crippen molar-refractivity contribution in [3.8, 4) is 0 Å². The molecule has 2 aliphatic rings. The summed E-state index contributed by atoms with van der Waals surface area (Å²) in [6, 6.07) is 0. The van der Waals surface area contributed by atoms with Crippen LogP contribution < -0.4 is 0 Å². The largest absolute Gasteiger partial charge is 0.481 e. The van der Waals surface area contributed by atoms with E-state index in [1.807, 2.05) is 6.92 Å². The van der Waals surface area contributed by atoms with Gasteiger partial charge in [-0.1, -0.05) is 6.92 Å². The second-order valence-electron chi connectivity index (χ2n) is 5.73. The van der Waals surface area contributed by atoms with E-state index in [0.717, 1.165) is 71.7 Å². The van der Waals surface area contributed by atoms with Crippen LogP contribution in [0, 0.1) is 5.41 Å². The molecule has 0 aliphatic carbocycles. The lowest BCUT2D eigenvalue weighted by atomic mass is 9.76. The van der Waals surface area contributed by atoms with Crippen molar-refractivity contribution in [3.63, 3.8) is 0 Å². The van der Waals surface area contributed by atoms with Gasteiger partial charge in [-0.25, -0.2) is 0 Å². The number of aliphatic carboxylic acids is 1. The van der Waals surface area contributed by atoms with Crippen molar-refractivity contribution in [1.29, 1.82) is 0 Å². The highest BCUT2D eigenvalue weighted by molar-refractivity contribution is 5.74. The summed E-state index contributed by atoms with van der Waals surface area (Å²) in [5.41, 5.74) is -0.463. The molecule has 0 saturated carbocycles. The van der Waals surface area contributed by atoms with Crippen LogP contribution in [0.1, 0.15) is 26.2 Å². The lowest BCUT2D eigenvalue weighted by molar-refractivity contribution is -0.152. The maximum Gasteiger partial charge on any atom is 0.309 e. The lowest BCUT2D eigenvalue weighted by Crippen LogP contribution is -2.47. The molecule has 0 amide bonds. The fraction of sp³-hybridized carbons (Fsp3) is 0.929. The summed E-state index contributed by atoms with van der Waals surface area (Å²) >= 11 is 0. The number of ether oxygens (including phenoxy) is 1. The van der Waals surface area contributed by atoms with E-state index in [9.17, 15) is 9.90 Å². The molecular weight excluding hydrogens is 244 g/mol. The Morgan fingerprint density at radius 2 is 1.63 bits per heavy atom. The van der Waals surface area contributed by atoms with Crippen molar-refractivity contribution in [3.05, 3.63) is 0 Å². The third kappa shape index (κ3) is 3.68. The van der Waals surface area contributed by atoms with Crippen molar-refractivity contribution in [2.24, 2.45) is 5.41 Å². The molecule has 19 heavy (non-hydrogen) atoms. The number of morpholine rings is 1. The van der Waals surface area contributed by atoms with Crippen molar-refractivity contribution in [2.75, 3.05) is 52.5 Å². The minimum absolute atomic E-state index is 0.463. The topological polar surface area (TPSA) is 53.0 Å². The van der Waals surface area contributed by atoms with Crippen LogP contribution in [-0.4, -0.2) is 73.4 Å². The van der Waals surface area contributed by atoms with Gasteiger partial charge in [0.15, 0.2) is 0 Å². The number of carboxylic acid groups (broad SMARTS) is 1. The molecule has 2 heterocycles. The van der Waals surface area contributed by atoms with Crippen LogP contribution in [0.25, 0.3) is 0 Å². The predicted molar refractivity (Wildman–Crippen MR) is 73.3 cm³/mol. The van der Waals surface area contributed by atoms with Gasteiger partial charge in [-0.2, -0.15) is 0 Å². The van der Waals surface area contributed by atoms with Crippen molar-refractivity contribution >= 4 is 5.97 Å². The third-order valence-electron chi connectivity index (χ3n) is 4.78. The number of carbonyl (C=O) groups is 1. The first kappa shape index (κ1) is 14.8. The molecule has 2 fully saturated rings. The smallest absolute Gasteiger partial charge is 0.309 e. The first-order chi connectivity index (χ1) is 9.16. The average molecular weight is 270 g/mol. The van der Waals surface area contributed by atoms with Crippen LogP contribution in [0.4, 0.5) is 0 Å². The summed E-state index contributed by atoms with van der Waals surface area (Å²) < 4.78 is 5.34. The maximum atomic E-state index is 11.4. The summed E-state index contributed by atoms with van der Waals surface area (Å²) in [6.07, 6.45) is 2.34. The van der Waals surface area contributed by atoms with Gasteiger partial charge >= 0.3 is 5.97 Å². The van der Waals surface area contributed by atoms with E-state index in [2.05, 4.69) is 9.80 Å². The molecule has 0 radical (unpaired) electrons. The lowest BCUT2D eigenvalue weighted by Gasteiger charge is -2.39. The molecule has 0 aromatic heterocycles. The maximum absolute atomic E-state index is 11.4. The number of nitrogens with zero attached hydrogens (tertiary/aromatic N) is 2. The van der Waals surface area contributed by atoms with E-state index < -0.39 is 11.4 Å². The Hall–Kier alpha value is -0.650. The Labute approximate surface area is 115 Å². The molecule has 0 spiro atoms. The standard InChI is InChI=1S/C14H26N2O3/c1-2-14(13(17)18)3-5-15(6-4-14)7-8-16-9-11-19-12-10-16/h2-12H2,1H3,(H,17,18). The van der Waals surface area contributed by atoms with Crippen LogP contribution >= 0.6 is 0 Å². The number of likely N-dealkylation sites (tertiary alicyclic amines) is 1. The van der Waals surface area contributed by atoms with Crippen molar-refractivity contribution in [1.82, 2.24) is 9.80 Å². The highest BCUT2D eigenvalue weighted by atomic mass is 16.5. The molecule has 2 saturated heterocycles. The molecule has 0 unspecified atom stereocenters. The zero-order valence-corrected chi connectivity index (χ0v) is 11.9. The van der Waals surface area contributed by atoms with Gasteiger partial charge in [-0.15, -0.1) is 0 Å². The summed E-state index contributed by atoms with van der Waals surface area (Å²) in [4.78, 5) is 16.2. The van der Waals surface area contributed by atoms with Gasteiger partial charge in [-0.05, 0) is 32.4 Å². The minimum Gasteiger partial charge on any atom is -0.481 e. The van der Waals surface area contributed by atoms with Gasteiger partial charge < -0.3 is 14.7 Å². The highest BCUT2D eigenvalue weighted by Crippen LogP contribution is 2.34. The van der Waals surface area contributed by atoms with Gasteiger partial charge in [0.05, 0.1) is 18.6 Å². The molecule has 5 nitrogen and oxygen atoms in total. The number of rotatable bonds is 5. The van der Waals surface area contributed by atoms with E-state index in [1.165, 1.54) is 0 Å². The van der Waals surface area contributed by atoms with Crippen LogP contribution in [0.15, 0.2) is 0 Å². The van der Waals surface area contributed by atoms with E-state index in [0.29, 0.717) is 0 Å². The third-order valence-corrected chi connectivity index (χ3v) is 4.78. The molecule has 0 atom stereocenters. The Balaban J connectivity index is 1.72. The molecular formula is C14H26N2O3. The molecule has 1 N–H and O–H groups in total. The Kier molecular flexibility index (Phi) is 5.19. The predicted octanol–water partition coefficient (Wildman–Crippen LogP) is 0.895. The molecule has 0 aromatic rings. The molecule has 2 rings (SSSR count). The summed E-state index contributed by atoms with van der Waals surface area (Å²) in [7, 11) is 0. The molecule has 2 aliphatic heterocycles. The highest BCUT2D eigenvalue weighted by Gasteiger charge is 2.39. The Morgan fingerprint density at radius 1 is 1.11 bits per heavy atom. The number of piperidine rings is 1. The first-order valence-corrected chi connectivity index (χ1v) is 7.42. The van der Waals surface area contributed by atoms with Crippen LogP contribution in [-0.2, 0) is 9.53 Å². The average Bonchev–Trinajstić information content (AvgIpc) is 2.46. The zero-order chi connectivity index (χ0) is 13.7. The van der Waals surface area contributed by atoms with Crippen LogP contribution in [0.5, 0.6) is 0 Å². The number of hydrogen-bond donors (Lipinski definition) is 1. The summed E-state index contributed by atoms with van der Waals surface area (Å²) in [6.45, 7) is 9.72. The number of hydrogen-bond acceptors (Lipinski definition) is 4. The Bertz CT molecular complexity index is 295. The van der Waals surface area contributed by atoms with Gasteiger partial charge in [0.2, 0.25) is 0 Å². The van der Waals surface area contributed by atoms with E-state index in [-0.39, 0.29) is 0 Å². The van der Waals surface area contributed by atoms with Gasteiger partial charge in [0.25, 0.3) is 0 Å². The summed E-state index contributed by atoms with van der Waals surface area (Å²) in [5.74, 6) is -0.608. The monoisotopic (exact) mass is 270 g/mol. The zero-order valence-electron chi connectivity index (χ0n) is 11.9. The molecule has 0 bridgehead atoms. The molecule has 110 valence electrons. The van der Waals surface area contributed by atoms with E-state index in [4.69, 9.17) is 4.74 Å². The normalized spacial score (nSPS) is 25.3. The fourth-order valence-corrected chi connectivity index (χ4v) is 3.03. The van der Waals surface area contributed by atoms with Gasteiger partial charge in [0, 0.05) is 26.2 Å². The van der Waals surface area contributed by atoms with Crippen LogP contribution in [0.3, 0.4) is 0 Å². The fourth-order valence-electron chi connectivity index (χ4n) is 3.03. The van der Waals surface area contributed by atoms with E-state index in [1.54, 1.807) is 0 Å². The second-order valence-corrected chi connectivity index (χ2v) is 5.73. The van der Waals surface area contributed by atoms with Gasteiger partial charge in [-0.3, -0.25) is 9.69 Å². The second kappa shape index (κ2) is 6.68. The molecule has 0 aromatic carbocycles. The van der Waals surface area contributed by atoms with E-state index >= 15 is 0 Å². The van der Waals surface area contributed by atoms with Crippen molar-refractivity contribution < 1.29 is 14.6 Å². The Morgan fingerprint density at radius 3 is 2.11 bits per heavy atom. The minimum atomic E-state index is -0.608. The van der Waals surface area contributed by atoms with Gasteiger partial charge in [0.1, 0.15) is 0 Å². The number of carboxylic acids is 1. The van der Waals surface area contributed by atoms with Crippen molar-refractivity contribution in [2.45, 2.75) is 26.2 Å². The quantitative estimate of drug-likeness (QED) is 0.804. The summed E-state index contributed by atoms with van der Waals surface area (Å²) in [5, 5.41) is 9.37.